The molecule has 0 aliphatic carbocycles. The Bertz CT molecular complexity index is 406. The predicted molar refractivity (Wildman–Crippen MR) is 58.3 cm³/mol. The third-order valence-corrected chi connectivity index (χ3v) is 2.31. The van der Waals surface area contributed by atoms with Gasteiger partial charge in [-0.2, -0.15) is 0 Å². The monoisotopic (exact) mass is 189 g/mol. The van der Waals surface area contributed by atoms with E-state index in [4.69, 9.17) is 0 Å². The Morgan fingerprint density at radius 2 is 2.21 bits per heavy atom. The summed E-state index contributed by atoms with van der Waals surface area (Å²) in [6.45, 7) is 5.11. The minimum atomic E-state index is 0.981. The first kappa shape index (κ1) is 9.21. The van der Waals surface area contributed by atoms with Gasteiger partial charge in [0, 0.05) is 13.1 Å². The molecule has 0 atom stereocenters. The van der Waals surface area contributed by atoms with Crippen molar-refractivity contribution in [2.45, 2.75) is 13.5 Å². The van der Waals surface area contributed by atoms with Crippen LogP contribution in [0.3, 0.4) is 0 Å². The van der Waals surface area contributed by atoms with E-state index in [2.05, 4.69) is 27.9 Å². The van der Waals surface area contributed by atoms with Crippen molar-refractivity contribution < 1.29 is 0 Å². The van der Waals surface area contributed by atoms with Gasteiger partial charge in [0.2, 0.25) is 0 Å². The van der Waals surface area contributed by atoms with Crippen LogP contribution >= 0.6 is 0 Å². The summed E-state index contributed by atoms with van der Waals surface area (Å²) in [4.78, 5) is 4.33. The lowest BCUT2D eigenvalue weighted by Crippen LogP contribution is -2.18. The van der Waals surface area contributed by atoms with Crippen molar-refractivity contribution in [2.24, 2.45) is 0 Å². The molecule has 2 aromatic rings. The summed E-state index contributed by atoms with van der Waals surface area (Å²) < 4.78 is 2.18. The van der Waals surface area contributed by atoms with Gasteiger partial charge in [-0.05, 0) is 18.7 Å². The Morgan fingerprint density at radius 3 is 3.07 bits per heavy atom. The largest absolute Gasteiger partial charge is 0.329 e. The van der Waals surface area contributed by atoms with Crippen molar-refractivity contribution in [3.63, 3.8) is 0 Å². The summed E-state index contributed by atoms with van der Waals surface area (Å²) in [6.07, 6.45) is 1.90. The van der Waals surface area contributed by atoms with E-state index in [1.807, 2.05) is 24.5 Å². The van der Waals surface area contributed by atoms with Crippen LogP contribution in [0, 0.1) is 0 Å². The lowest BCUT2D eigenvalue weighted by atomic mass is 10.3. The molecule has 0 bridgehead atoms. The van der Waals surface area contributed by atoms with E-state index >= 15 is 0 Å². The van der Waals surface area contributed by atoms with E-state index in [0.717, 1.165) is 25.2 Å². The quantitative estimate of drug-likeness (QED) is 0.741. The number of aromatic nitrogens is 2. The standard InChI is InChI=1S/C11H15N3/c1-2-12-7-8-14-9-13-10-5-3-4-6-11(10)14/h3-6,9,12H,2,7-8H2,1H3. The Hall–Kier alpha value is -1.35. The molecule has 0 saturated heterocycles. The van der Waals surface area contributed by atoms with Gasteiger partial charge in [-0.1, -0.05) is 19.1 Å². The minimum Gasteiger partial charge on any atom is -0.329 e. The van der Waals surface area contributed by atoms with Crippen molar-refractivity contribution in [2.75, 3.05) is 13.1 Å². The second-order valence-electron chi connectivity index (χ2n) is 3.28. The Balaban J connectivity index is 2.17. The Labute approximate surface area is 83.8 Å². The average molecular weight is 189 g/mol. The van der Waals surface area contributed by atoms with Gasteiger partial charge in [0.25, 0.3) is 0 Å². The van der Waals surface area contributed by atoms with E-state index < -0.39 is 0 Å². The van der Waals surface area contributed by atoms with Crippen molar-refractivity contribution in [1.29, 1.82) is 0 Å². The summed E-state index contributed by atoms with van der Waals surface area (Å²) in [5, 5.41) is 3.30. The van der Waals surface area contributed by atoms with Crippen LogP contribution in [0.1, 0.15) is 6.92 Å². The third-order valence-electron chi connectivity index (χ3n) is 2.31. The van der Waals surface area contributed by atoms with Crippen LogP contribution in [0.2, 0.25) is 0 Å². The number of hydrogen-bond donors (Lipinski definition) is 1. The number of benzene rings is 1. The highest BCUT2D eigenvalue weighted by Crippen LogP contribution is 2.10. The highest BCUT2D eigenvalue weighted by molar-refractivity contribution is 5.74. The SMILES string of the molecule is CCNCCn1cnc2ccccc21. The van der Waals surface area contributed by atoms with Crippen LogP contribution in [0.4, 0.5) is 0 Å². The summed E-state index contributed by atoms with van der Waals surface area (Å²) in [7, 11) is 0. The van der Waals surface area contributed by atoms with Gasteiger partial charge in [-0.3, -0.25) is 0 Å². The highest BCUT2D eigenvalue weighted by atomic mass is 15.1. The number of hydrogen-bond acceptors (Lipinski definition) is 2. The van der Waals surface area contributed by atoms with Crippen molar-refractivity contribution in [1.82, 2.24) is 14.9 Å². The van der Waals surface area contributed by atoms with E-state index in [0.29, 0.717) is 0 Å². The van der Waals surface area contributed by atoms with E-state index in [1.54, 1.807) is 0 Å². The van der Waals surface area contributed by atoms with Crippen LogP contribution in [-0.2, 0) is 6.54 Å². The summed E-state index contributed by atoms with van der Waals surface area (Å²) in [5.74, 6) is 0. The van der Waals surface area contributed by atoms with Gasteiger partial charge in [0.1, 0.15) is 0 Å². The zero-order valence-corrected chi connectivity index (χ0v) is 8.40. The number of imidazole rings is 1. The first-order valence-electron chi connectivity index (χ1n) is 5.02. The molecule has 0 aliphatic rings. The van der Waals surface area contributed by atoms with Crippen LogP contribution in [0.25, 0.3) is 11.0 Å². The normalized spacial score (nSPS) is 10.9. The lowest BCUT2D eigenvalue weighted by molar-refractivity contribution is 0.624. The predicted octanol–water partition coefficient (Wildman–Crippen LogP) is 1.65. The van der Waals surface area contributed by atoms with Crippen LogP contribution < -0.4 is 5.32 Å². The zero-order valence-electron chi connectivity index (χ0n) is 8.40. The maximum absolute atomic E-state index is 4.33. The average Bonchev–Trinajstić information content (AvgIpc) is 2.63. The summed E-state index contributed by atoms with van der Waals surface area (Å²) in [6, 6.07) is 8.21. The molecule has 1 heterocycles. The molecule has 3 nitrogen and oxygen atoms in total. The molecular formula is C11H15N3. The molecule has 1 aromatic carbocycles. The van der Waals surface area contributed by atoms with E-state index in [1.165, 1.54) is 5.52 Å². The lowest BCUT2D eigenvalue weighted by Gasteiger charge is -2.03. The number of nitrogens with one attached hydrogen (secondary N) is 1. The van der Waals surface area contributed by atoms with Crippen molar-refractivity contribution in [3.05, 3.63) is 30.6 Å². The molecule has 2 rings (SSSR count). The molecule has 0 fully saturated rings. The smallest absolute Gasteiger partial charge is 0.0958 e. The second kappa shape index (κ2) is 4.24. The fraction of sp³-hybridized carbons (Fsp3) is 0.364. The molecule has 0 amide bonds. The first-order valence-corrected chi connectivity index (χ1v) is 5.02. The van der Waals surface area contributed by atoms with Gasteiger partial charge in [-0.25, -0.2) is 4.98 Å². The van der Waals surface area contributed by atoms with E-state index in [-0.39, 0.29) is 0 Å². The minimum absolute atomic E-state index is 0.981. The number of para-hydroxylation sites is 2. The molecule has 0 radical (unpaired) electrons. The second-order valence-corrected chi connectivity index (χ2v) is 3.28. The van der Waals surface area contributed by atoms with Crippen molar-refractivity contribution in [3.8, 4) is 0 Å². The fourth-order valence-electron chi connectivity index (χ4n) is 1.56. The van der Waals surface area contributed by atoms with Crippen LogP contribution in [-0.4, -0.2) is 22.6 Å². The molecule has 0 aliphatic heterocycles. The zero-order chi connectivity index (χ0) is 9.80. The summed E-state index contributed by atoms with van der Waals surface area (Å²) in [5.41, 5.74) is 2.29. The van der Waals surface area contributed by atoms with Crippen LogP contribution in [0.5, 0.6) is 0 Å². The number of likely N-dealkylation sites (N-methyl/N-ethyl adjacent to an activating group) is 1. The molecular weight excluding hydrogens is 174 g/mol. The molecule has 74 valence electrons. The highest BCUT2D eigenvalue weighted by Gasteiger charge is 1.99. The molecule has 3 heteroatoms. The first-order chi connectivity index (χ1) is 6.92. The Kier molecular flexibility index (Phi) is 2.79. The molecule has 0 unspecified atom stereocenters. The maximum Gasteiger partial charge on any atom is 0.0958 e. The third kappa shape index (κ3) is 1.77. The summed E-state index contributed by atoms with van der Waals surface area (Å²) >= 11 is 0. The fourth-order valence-corrected chi connectivity index (χ4v) is 1.56. The molecule has 1 aromatic heterocycles. The van der Waals surface area contributed by atoms with Gasteiger partial charge in [-0.15, -0.1) is 0 Å². The number of rotatable bonds is 4. The molecule has 14 heavy (non-hydrogen) atoms. The Morgan fingerprint density at radius 1 is 1.36 bits per heavy atom. The maximum atomic E-state index is 4.33. The molecule has 1 N–H and O–H groups in total. The topological polar surface area (TPSA) is 29.9 Å². The van der Waals surface area contributed by atoms with Gasteiger partial charge in [0.15, 0.2) is 0 Å². The molecule has 0 spiro atoms. The molecule has 0 saturated carbocycles. The number of nitrogens with zero attached hydrogens (tertiary/aromatic N) is 2. The van der Waals surface area contributed by atoms with Crippen LogP contribution in [0.15, 0.2) is 30.6 Å². The van der Waals surface area contributed by atoms with Gasteiger partial charge >= 0.3 is 0 Å². The number of fused-ring (bicyclic) bond motifs is 1. The van der Waals surface area contributed by atoms with Crippen molar-refractivity contribution >= 4 is 11.0 Å². The van der Waals surface area contributed by atoms with Gasteiger partial charge < -0.3 is 9.88 Å². The van der Waals surface area contributed by atoms with Gasteiger partial charge in [0.05, 0.1) is 17.4 Å². The van der Waals surface area contributed by atoms with E-state index in [9.17, 15) is 0 Å².